The van der Waals surface area contributed by atoms with E-state index in [1.165, 1.54) is 6.92 Å². The minimum Gasteiger partial charge on any atom is -1.00 e. The Bertz CT molecular complexity index is 1800. The summed E-state index contributed by atoms with van der Waals surface area (Å²) in [4.78, 5) is 26.3. The number of anilines is 2. The first-order valence-electron chi connectivity index (χ1n) is 16.3. The van der Waals surface area contributed by atoms with Gasteiger partial charge in [-0.05, 0) is 82.7 Å². The number of aliphatic hydroxyl groups is 1. The fraction of sp³-hybridized carbons (Fsp3) is 0.389. The van der Waals surface area contributed by atoms with Crippen LogP contribution in [0.25, 0.3) is 33.4 Å². The van der Waals surface area contributed by atoms with E-state index in [0.29, 0.717) is 40.9 Å². The van der Waals surface area contributed by atoms with Gasteiger partial charge in [0.2, 0.25) is 5.36 Å². The van der Waals surface area contributed by atoms with Gasteiger partial charge in [0.15, 0.2) is 5.11 Å². The van der Waals surface area contributed by atoms with Gasteiger partial charge in [0, 0.05) is 59.7 Å². The van der Waals surface area contributed by atoms with Gasteiger partial charge in [-0.25, -0.2) is 14.2 Å². The van der Waals surface area contributed by atoms with Gasteiger partial charge in [0.25, 0.3) is 0 Å². The zero-order valence-corrected chi connectivity index (χ0v) is 30.1. The number of benzene rings is 3. The molecule has 49 heavy (non-hydrogen) atoms. The maximum atomic E-state index is 12.7. The second-order valence-corrected chi connectivity index (χ2v) is 11.5. The summed E-state index contributed by atoms with van der Waals surface area (Å²) in [6, 6.07) is 17.4. The molecule has 2 aromatic rings. The number of carbonyl (C=O) groups excluding carboxylic acids is 1. The summed E-state index contributed by atoms with van der Waals surface area (Å²) in [5.41, 5.74) is 4.50. The number of aromatic carboxylic acids is 1. The van der Waals surface area contributed by atoms with Crippen molar-refractivity contribution in [2.24, 2.45) is 0 Å². The van der Waals surface area contributed by atoms with Gasteiger partial charge in [-0.15, -0.1) is 0 Å². The molecule has 4 N–H and O–H groups in total. The topological polar surface area (TPSA) is 137 Å². The maximum absolute atomic E-state index is 12.7. The van der Waals surface area contributed by atoms with Crippen LogP contribution < -0.4 is 37.9 Å². The van der Waals surface area contributed by atoms with Gasteiger partial charge in [-0.2, -0.15) is 0 Å². The first-order chi connectivity index (χ1) is 23.1. The van der Waals surface area contributed by atoms with Gasteiger partial charge in [0.05, 0.1) is 24.8 Å². The minimum absolute atomic E-state index is 0. The maximum Gasteiger partial charge on any atom is 0.336 e. The summed E-state index contributed by atoms with van der Waals surface area (Å²) in [5.74, 6) is -1.10. The van der Waals surface area contributed by atoms with Crippen LogP contribution in [0.3, 0.4) is 0 Å². The number of hydrogen-bond acceptors (Lipinski definition) is 8. The van der Waals surface area contributed by atoms with E-state index < -0.39 is 18.0 Å². The van der Waals surface area contributed by atoms with Crippen LogP contribution in [0.1, 0.15) is 45.0 Å². The predicted molar refractivity (Wildman–Crippen MR) is 193 cm³/mol. The molecule has 0 fully saturated rings. The lowest BCUT2D eigenvalue weighted by molar-refractivity contribution is -0.154. The molecule has 2 aromatic carbocycles. The standard InChI is InChI=1S/C36H44N4O7S.ClH/c1-6-39(7-2)25-11-14-28-31(21-25)47-32-22-26(40(8-3)9-4)12-15-29(32)33(28)27-13-10-24(20-30(27)34(42)43)38-36(48)37-16-17-45-18-19-46-35(44)23(5)41;/h10-15,20-23,41H,6-9,16-19H2,1-5H3,(H2,37,42,43,48);1H. The number of halogens is 1. The van der Waals surface area contributed by atoms with E-state index >= 15 is 0 Å². The number of nitrogens with one attached hydrogen (secondary N) is 2. The van der Waals surface area contributed by atoms with Crippen molar-refractivity contribution in [3.63, 3.8) is 0 Å². The third-order valence-electron chi connectivity index (χ3n) is 8.07. The second kappa shape index (κ2) is 18.5. The van der Waals surface area contributed by atoms with E-state index in [-0.39, 0.29) is 31.2 Å². The van der Waals surface area contributed by atoms with E-state index in [2.05, 4.69) is 59.9 Å². The zero-order valence-electron chi connectivity index (χ0n) is 28.5. The molecule has 264 valence electrons. The van der Waals surface area contributed by atoms with Crippen molar-refractivity contribution in [1.82, 2.24) is 9.89 Å². The van der Waals surface area contributed by atoms with Gasteiger partial charge in [-0.3, -0.25) is 0 Å². The highest BCUT2D eigenvalue weighted by atomic mass is 35.5. The normalized spacial score (nSPS) is 11.5. The number of carboxylic acid groups (broad SMARTS) is 1. The summed E-state index contributed by atoms with van der Waals surface area (Å²) in [5, 5.41) is 27.8. The number of aliphatic hydroxyl groups excluding tert-OH is 1. The van der Waals surface area contributed by atoms with E-state index in [4.69, 9.17) is 31.2 Å². The van der Waals surface area contributed by atoms with Crippen molar-refractivity contribution in [1.29, 1.82) is 0 Å². The number of hydrogen-bond donors (Lipinski definition) is 4. The molecule has 1 aliphatic heterocycles. The largest absolute Gasteiger partial charge is 1.00 e. The van der Waals surface area contributed by atoms with Crippen LogP contribution in [0.15, 0.2) is 59.0 Å². The monoisotopic (exact) mass is 712 g/mol. The Morgan fingerprint density at radius 2 is 1.67 bits per heavy atom. The number of rotatable bonds is 15. The van der Waals surface area contributed by atoms with Crippen LogP contribution >= 0.6 is 12.2 Å². The number of carboxylic acids is 1. The molecule has 1 aliphatic carbocycles. The molecule has 0 saturated carbocycles. The van der Waals surface area contributed by atoms with Gasteiger partial charge < -0.3 is 52.0 Å². The van der Waals surface area contributed by atoms with Crippen molar-refractivity contribution >= 4 is 51.6 Å². The van der Waals surface area contributed by atoms with E-state index in [1.54, 1.807) is 18.2 Å². The lowest BCUT2D eigenvalue weighted by Crippen LogP contribution is -3.00. The molecule has 0 aromatic heterocycles. The molecule has 0 spiro atoms. The Labute approximate surface area is 298 Å². The van der Waals surface area contributed by atoms with Crippen molar-refractivity contribution in [3.05, 3.63) is 65.5 Å². The molecule has 13 heteroatoms. The van der Waals surface area contributed by atoms with Crippen LogP contribution in [0.4, 0.5) is 11.4 Å². The summed E-state index contributed by atoms with van der Waals surface area (Å²) in [6.07, 6.45) is -1.18. The van der Waals surface area contributed by atoms with E-state index in [0.717, 1.165) is 53.7 Å². The lowest BCUT2D eigenvalue weighted by Gasteiger charge is -2.22. The summed E-state index contributed by atoms with van der Waals surface area (Å²) < 4.78 is 19.1. The van der Waals surface area contributed by atoms with Gasteiger partial charge >= 0.3 is 11.9 Å². The van der Waals surface area contributed by atoms with Gasteiger partial charge in [-0.1, -0.05) is 6.07 Å². The first kappa shape index (κ1) is 39.2. The Hall–Kier alpha value is -4.23. The number of thiocarbonyl (C=S) groups is 1. The van der Waals surface area contributed by atoms with Crippen molar-refractivity contribution in [3.8, 4) is 22.5 Å². The molecular weight excluding hydrogens is 668 g/mol. The fourth-order valence-electron chi connectivity index (χ4n) is 5.58. The molecule has 4 rings (SSSR count). The minimum atomic E-state index is -1.18. The highest BCUT2D eigenvalue weighted by Crippen LogP contribution is 2.42. The summed E-state index contributed by atoms with van der Waals surface area (Å²) >= 11 is 5.42. The lowest BCUT2D eigenvalue weighted by atomic mass is 9.90. The van der Waals surface area contributed by atoms with Crippen LogP contribution in [0.5, 0.6) is 0 Å². The number of ether oxygens (including phenoxy) is 2. The summed E-state index contributed by atoms with van der Waals surface area (Å²) in [7, 11) is 0. The number of nitrogens with zero attached hydrogens (tertiary/aromatic N) is 2. The Kier molecular flexibility index (Phi) is 14.8. The highest BCUT2D eigenvalue weighted by Gasteiger charge is 2.23. The molecule has 1 atom stereocenters. The van der Waals surface area contributed by atoms with Crippen molar-refractivity contribution in [2.45, 2.75) is 40.7 Å². The average molecular weight is 713 g/mol. The molecule has 0 radical (unpaired) electrons. The molecular formula is C36H45ClN4O7S. The Balaban J connectivity index is 0.00000650. The van der Waals surface area contributed by atoms with E-state index in [1.807, 2.05) is 24.3 Å². The third kappa shape index (κ3) is 9.69. The SMILES string of the molecule is CCN(CC)c1ccc2c(-c3ccc(NC(=S)NCCOCCOC(=O)C(C)O)cc3C(=O)O)c3ccc(=[N+](CC)CC)cc-3oc2c1.[Cl-]. The molecule has 1 unspecified atom stereocenters. The Morgan fingerprint density at radius 3 is 2.33 bits per heavy atom. The molecule has 0 saturated heterocycles. The number of carbonyl (C=O) groups is 2. The number of esters is 1. The van der Waals surface area contributed by atoms with Crippen LogP contribution in [0.2, 0.25) is 0 Å². The quantitative estimate of drug-likeness (QED) is 0.0473. The predicted octanol–water partition coefficient (Wildman–Crippen LogP) is 1.79. The molecule has 0 bridgehead atoms. The highest BCUT2D eigenvalue weighted by molar-refractivity contribution is 7.80. The zero-order chi connectivity index (χ0) is 34.8. The first-order valence-corrected chi connectivity index (χ1v) is 16.7. The van der Waals surface area contributed by atoms with Gasteiger partial charge in [0.1, 0.15) is 37.1 Å². The Morgan fingerprint density at radius 1 is 0.959 bits per heavy atom. The molecule has 2 aliphatic rings. The molecule has 11 nitrogen and oxygen atoms in total. The van der Waals surface area contributed by atoms with Crippen LogP contribution in [-0.2, 0) is 14.3 Å². The second-order valence-electron chi connectivity index (χ2n) is 11.1. The van der Waals surface area contributed by atoms with Crippen molar-refractivity contribution < 1.29 is 46.1 Å². The average Bonchev–Trinajstić information content (AvgIpc) is 3.07. The fourth-order valence-corrected chi connectivity index (χ4v) is 5.80. The van der Waals surface area contributed by atoms with Crippen LogP contribution in [0, 0.1) is 0 Å². The smallest absolute Gasteiger partial charge is 0.336 e. The van der Waals surface area contributed by atoms with E-state index in [9.17, 15) is 14.7 Å². The number of fused-ring (bicyclic) bond motifs is 2. The van der Waals surface area contributed by atoms with Crippen molar-refractivity contribution in [2.75, 3.05) is 62.8 Å². The summed E-state index contributed by atoms with van der Waals surface area (Å²) in [6.45, 7) is 14.0. The third-order valence-corrected chi connectivity index (χ3v) is 8.31. The van der Waals surface area contributed by atoms with Crippen LogP contribution in [-0.4, -0.2) is 85.9 Å². The molecule has 1 heterocycles. The molecule has 0 amide bonds.